The molecule has 1 aromatic heterocycles. The lowest BCUT2D eigenvalue weighted by Gasteiger charge is -2.06. The fourth-order valence-electron chi connectivity index (χ4n) is 3.57. The molecule has 0 radical (unpaired) electrons. The average molecular weight is 361 g/mol. The molecule has 0 amide bonds. The number of ether oxygens (including phenoxy) is 1. The molecule has 0 saturated carbocycles. The van der Waals surface area contributed by atoms with Crippen molar-refractivity contribution in [3.8, 4) is 5.75 Å². The molecule has 0 aliphatic heterocycles. The number of nitrogens with zero attached hydrogens (tertiary/aromatic N) is 2. The van der Waals surface area contributed by atoms with Gasteiger partial charge in [-0.05, 0) is 30.7 Å². The van der Waals surface area contributed by atoms with Crippen LogP contribution < -0.4 is 10.5 Å². The summed E-state index contributed by atoms with van der Waals surface area (Å²) < 4.78 is 7.94. The summed E-state index contributed by atoms with van der Waals surface area (Å²) in [6, 6.07) is 17.3. The third-order valence-electron chi connectivity index (χ3n) is 4.97. The molecule has 3 aromatic carbocycles. The molecule has 0 fully saturated rings. The molecule has 6 heteroatoms. The summed E-state index contributed by atoms with van der Waals surface area (Å²) in [4.78, 5) is 10.9. The Hall–Kier alpha value is -3.54. The van der Waals surface area contributed by atoms with Crippen LogP contribution in [0.4, 0.5) is 11.4 Å². The van der Waals surface area contributed by atoms with Crippen LogP contribution in [-0.4, -0.2) is 9.49 Å². The molecular weight excluding hydrogens is 342 g/mol. The van der Waals surface area contributed by atoms with Crippen LogP contribution in [0.15, 0.2) is 54.6 Å². The standard InChI is InChI=1S/C21H19N3O3/c1-13-20(22)19(24(25)26)11-17-16-10-15(8-9-18(16)23(2)21(13)17)27-12-14-6-4-3-5-7-14/h3-11H,12,22H2,1-2H3. The second-order valence-electron chi connectivity index (χ2n) is 6.60. The van der Waals surface area contributed by atoms with Gasteiger partial charge in [-0.2, -0.15) is 0 Å². The van der Waals surface area contributed by atoms with Gasteiger partial charge in [-0.3, -0.25) is 10.1 Å². The van der Waals surface area contributed by atoms with Crippen molar-refractivity contribution in [3.05, 3.63) is 75.8 Å². The monoisotopic (exact) mass is 361 g/mol. The van der Waals surface area contributed by atoms with Crippen molar-refractivity contribution in [2.75, 3.05) is 5.73 Å². The number of anilines is 1. The first-order valence-corrected chi connectivity index (χ1v) is 8.59. The van der Waals surface area contributed by atoms with Crippen molar-refractivity contribution in [3.63, 3.8) is 0 Å². The minimum Gasteiger partial charge on any atom is -0.489 e. The van der Waals surface area contributed by atoms with Crippen molar-refractivity contribution >= 4 is 33.2 Å². The number of aryl methyl sites for hydroxylation is 2. The Balaban J connectivity index is 1.84. The fraction of sp³-hybridized carbons (Fsp3) is 0.143. The lowest BCUT2D eigenvalue weighted by Crippen LogP contribution is -2.00. The molecule has 0 saturated heterocycles. The molecule has 136 valence electrons. The molecule has 0 atom stereocenters. The maximum Gasteiger partial charge on any atom is 0.293 e. The molecule has 0 aliphatic carbocycles. The van der Waals surface area contributed by atoms with Gasteiger partial charge in [-0.1, -0.05) is 30.3 Å². The number of nitrogen functional groups attached to an aromatic ring is 1. The zero-order valence-corrected chi connectivity index (χ0v) is 15.1. The second kappa shape index (κ2) is 6.32. The maximum atomic E-state index is 11.4. The summed E-state index contributed by atoms with van der Waals surface area (Å²) in [6.07, 6.45) is 0. The Labute approximate surface area is 155 Å². The summed E-state index contributed by atoms with van der Waals surface area (Å²) >= 11 is 0. The van der Waals surface area contributed by atoms with E-state index < -0.39 is 4.92 Å². The Bertz CT molecular complexity index is 1180. The number of hydrogen-bond acceptors (Lipinski definition) is 4. The van der Waals surface area contributed by atoms with Crippen LogP contribution in [0.1, 0.15) is 11.1 Å². The van der Waals surface area contributed by atoms with Crippen LogP contribution in [0, 0.1) is 17.0 Å². The highest BCUT2D eigenvalue weighted by Gasteiger charge is 2.21. The molecule has 27 heavy (non-hydrogen) atoms. The van der Waals surface area contributed by atoms with Gasteiger partial charge < -0.3 is 15.0 Å². The molecular formula is C21H19N3O3. The van der Waals surface area contributed by atoms with Crippen molar-refractivity contribution in [1.82, 2.24) is 4.57 Å². The molecule has 2 N–H and O–H groups in total. The summed E-state index contributed by atoms with van der Waals surface area (Å²) in [5, 5.41) is 13.1. The Morgan fingerprint density at radius 3 is 2.56 bits per heavy atom. The molecule has 4 aromatic rings. The predicted molar refractivity (Wildman–Crippen MR) is 107 cm³/mol. The van der Waals surface area contributed by atoms with E-state index in [9.17, 15) is 10.1 Å². The van der Waals surface area contributed by atoms with Gasteiger partial charge in [0.25, 0.3) is 5.69 Å². The maximum absolute atomic E-state index is 11.4. The lowest BCUT2D eigenvalue weighted by atomic mass is 10.1. The van der Waals surface area contributed by atoms with Gasteiger partial charge in [0.1, 0.15) is 18.0 Å². The number of nitro benzene ring substituents is 1. The highest BCUT2D eigenvalue weighted by atomic mass is 16.6. The largest absolute Gasteiger partial charge is 0.489 e. The minimum atomic E-state index is -0.434. The SMILES string of the molecule is Cc1c(N)c([N+](=O)[O-])cc2c3cc(OCc4ccccc4)ccc3n(C)c12. The molecule has 1 heterocycles. The zero-order valence-electron chi connectivity index (χ0n) is 15.1. The van der Waals surface area contributed by atoms with Gasteiger partial charge in [0.05, 0.1) is 10.4 Å². The topological polar surface area (TPSA) is 83.3 Å². The predicted octanol–water partition coefficient (Wildman–Crippen LogP) is 4.71. The minimum absolute atomic E-state index is 0.0666. The zero-order chi connectivity index (χ0) is 19.1. The van der Waals surface area contributed by atoms with Gasteiger partial charge in [0, 0.05) is 35.0 Å². The average Bonchev–Trinajstić information content (AvgIpc) is 2.95. The number of rotatable bonds is 4. The highest BCUT2D eigenvalue weighted by Crippen LogP contribution is 2.39. The fourth-order valence-corrected chi connectivity index (χ4v) is 3.57. The van der Waals surface area contributed by atoms with Gasteiger partial charge in [-0.25, -0.2) is 0 Å². The van der Waals surface area contributed by atoms with E-state index in [4.69, 9.17) is 10.5 Å². The molecule has 0 unspecified atom stereocenters. The molecule has 0 bridgehead atoms. The van der Waals surface area contributed by atoms with Gasteiger partial charge in [0.2, 0.25) is 0 Å². The summed E-state index contributed by atoms with van der Waals surface area (Å²) in [6.45, 7) is 2.28. The van der Waals surface area contributed by atoms with Crippen LogP contribution in [0.25, 0.3) is 21.8 Å². The molecule has 6 nitrogen and oxygen atoms in total. The number of nitrogens with two attached hydrogens (primary N) is 1. The number of aromatic nitrogens is 1. The van der Waals surface area contributed by atoms with Crippen LogP contribution in [0.5, 0.6) is 5.75 Å². The van der Waals surface area contributed by atoms with E-state index in [0.29, 0.717) is 12.2 Å². The third-order valence-corrected chi connectivity index (χ3v) is 4.97. The van der Waals surface area contributed by atoms with E-state index in [2.05, 4.69) is 0 Å². The van der Waals surface area contributed by atoms with Crippen LogP contribution >= 0.6 is 0 Å². The van der Waals surface area contributed by atoms with Crippen LogP contribution in [-0.2, 0) is 13.7 Å². The smallest absolute Gasteiger partial charge is 0.293 e. The van der Waals surface area contributed by atoms with Crippen molar-refractivity contribution < 1.29 is 9.66 Å². The van der Waals surface area contributed by atoms with Crippen molar-refractivity contribution in [1.29, 1.82) is 0 Å². The molecule has 0 aliphatic rings. The highest BCUT2D eigenvalue weighted by molar-refractivity contribution is 6.11. The van der Waals surface area contributed by atoms with E-state index in [1.807, 2.05) is 67.1 Å². The number of fused-ring (bicyclic) bond motifs is 3. The van der Waals surface area contributed by atoms with Gasteiger partial charge in [-0.15, -0.1) is 0 Å². The Morgan fingerprint density at radius 1 is 1.11 bits per heavy atom. The van der Waals surface area contributed by atoms with Crippen molar-refractivity contribution in [2.24, 2.45) is 7.05 Å². The van der Waals surface area contributed by atoms with E-state index in [-0.39, 0.29) is 11.4 Å². The first kappa shape index (κ1) is 16.9. The van der Waals surface area contributed by atoms with E-state index in [1.165, 1.54) is 0 Å². The number of benzene rings is 3. The van der Waals surface area contributed by atoms with Crippen LogP contribution in [0.2, 0.25) is 0 Å². The Kier molecular flexibility index (Phi) is 3.96. The van der Waals surface area contributed by atoms with Gasteiger partial charge in [0.15, 0.2) is 0 Å². The summed E-state index contributed by atoms with van der Waals surface area (Å²) in [7, 11) is 1.94. The molecule has 4 rings (SSSR count). The summed E-state index contributed by atoms with van der Waals surface area (Å²) in [5.74, 6) is 0.719. The second-order valence-corrected chi connectivity index (χ2v) is 6.60. The Morgan fingerprint density at radius 2 is 1.85 bits per heavy atom. The normalized spacial score (nSPS) is 11.2. The molecule has 0 spiro atoms. The third kappa shape index (κ3) is 2.75. The summed E-state index contributed by atoms with van der Waals surface area (Å²) in [5.41, 5.74) is 9.80. The van der Waals surface area contributed by atoms with Crippen LogP contribution in [0.3, 0.4) is 0 Å². The number of nitro groups is 1. The lowest BCUT2D eigenvalue weighted by molar-refractivity contribution is -0.383. The van der Waals surface area contributed by atoms with E-state index in [0.717, 1.165) is 33.1 Å². The van der Waals surface area contributed by atoms with Crippen molar-refractivity contribution in [2.45, 2.75) is 13.5 Å². The van der Waals surface area contributed by atoms with E-state index >= 15 is 0 Å². The first-order chi connectivity index (χ1) is 13.0. The van der Waals surface area contributed by atoms with E-state index in [1.54, 1.807) is 6.07 Å². The van der Waals surface area contributed by atoms with Gasteiger partial charge >= 0.3 is 0 Å². The quantitative estimate of drug-likeness (QED) is 0.324. The number of hydrogen-bond donors (Lipinski definition) is 1. The first-order valence-electron chi connectivity index (χ1n) is 8.59.